The molecule has 5 heteroatoms. The smallest absolute Gasteiger partial charge is 0.251 e. The molecule has 0 bridgehead atoms. The van der Waals surface area contributed by atoms with Gasteiger partial charge in [-0.05, 0) is 49.2 Å². The number of rotatable bonds is 7. The summed E-state index contributed by atoms with van der Waals surface area (Å²) in [7, 11) is 0. The minimum Gasteiger partial charge on any atom is -0.346 e. The van der Waals surface area contributed by atoms with Crippen molar-refractivity contribution in [2.75, 3.05) is 0 Å². The molecule has 0 aliphatic carbocycles. The van der Waals surface area contributed by atoms with E-state index in [0.717, 1.165) is 41.9 Å². The fourth-order valence-electron chi connectivity index (χ4n) is 3.67. The van der Waals surface area contributed by atoms with Gasteiger partial charge in [-0.25, -0.2) is 4.98 Å². The highest BCUT2D eigenvalue weighted by Gasteiger charge is 2.14. The summed E-state index contributed by atoms with van der Waals surface area (Å²) in [6, 6.07) is 19.9. The van der Waals surface area contributed by atoms with Crippen molar-refractivity contribution in [1.82, 2.24) is 19.9 Å². The lowest BCUT2D eigenvalue weighted by Gasteiger charge is -2.11. The zero-order valence-electron chi connectivity index (χ0n) is 17.4. The van der Waals surface area contributed by atoms with Gasteiger partial charge in [0.25, 0.3) is 5.91 Å². The van der Waals surface area contributed by atoms with Crippen LogP contribution in [0.2, 0.25) is 0 Å². The van der Waals surface area contributed by atoms with E-state index in [2.05, 4.69) is 53.0 Å². The van der Waals surface area contributed by atoms with E-state index in [-0.39, 0.29) is 5.91 Å². The van der Waals surface area contributed by atoms with E-state index in [1.165, 1.54) is 11.1 Å². The first-order chi connectivity index (χ1) is 14.6. The fraction of sp³-hybridized carbons (Fsp3) is 0.240. The molecule has 0 spiro atoms. The molecule has 0 atom stereocenters. The van der Waals surface area contributed by atoms with Gasteiger partial charge in [0.15, 0.2) is 0 Å². The van der Waals surface area contributed by atoms with Gasteiger partial charge in [0, 0.05) is 24.7 Å². The van der Waals surface area contributed by atoms with Gasteiger partial charge in [-0.3, -0.25) is 9.78 Å². The third-order valence-electron chi connectivity index (χ3n) is 5.14. The summed E-state index contributed by atoms with van der Waals surface area (Å²) in [5.74, 6) is 0.947. The molecule has 4 aromatic rings. The van der Waals surface area contributed by atoms with Crippen LogP contribution in [0.4, 0.5) is 0 Å². The molecule has 152 valence electrons. The molecule has 1 amide bonds. The maximum Gasteiger partial charge on any atom is 0.251 e. The highest BCUT2D eigenvalue weighted by atomic mass is 16.1. The largest absolute Gasteiger partial charge is 0.346 e. The standard InChI is InChI=1S/C25H26N4O/c1-3-7-24-28-22-12-11-20(25(30)27-16-21-10-4-5-13-26-21)15-23(22)29(24)17-19-9-6-8-18(2)14-19/h4-6,8-15H,3,7,16-17H2,1-2H3,(H,27,30). The average molecular weight is 399 g/mol. The highest BCUT2D eigenvalue weighted by Crippen LogP contribution is 2.21. The molecule has 0 saturated heterocycles. The Hall–Kier alpha value is -3.47. The quantitative estimate of drug-likeness (QED) is 0.492. The molecule has 0 aliphatic rings. The molecular weight excluding hydrogens is 372 g/mol. The van der Waals surface area contributed by atoms with Crippen molar-refractivity contribution in [1.29, 1.82) is 0 Å². The van der Waals surface area contributed by atoms with Gasteiger partial charge < -0.3 is 9.88 Å². The van der Waals surface area contributed by atoms with E-state index in [9.17, 15) is 4.79 Å². The number of benzene rings is 2. The Bertz CT molecular complexity index is 1160. The number of amides is 1. The summed E-state index contributed by atoms with van der Waals surface area (Å²) in [5, 5.41) is 2.96. The van der Waals surface area contributed by atoms with E-state index in [1.54, 1.807) is 6.20 Å². The number of pyridine rings is 1. The van der Waals surface area contributed by atoms with Crippen LogP contribution >= 0.6 is 0 Å². The van der Waals surface area contributed by atoms with E-state index in [1.807, 2.05) is 36.4 Å². The number of hydrogen-bond donors (Lipinski definition) is 1. The van der Waals surface area contributed by atoms with Gasteiger partial charge >= 0.3 is 0 Å². The van der Waals surface area contributed by atoms with Crippen LogP contribution in [0, 0.1) is 6.92 Å². The van der Waals surface area contributed by atoms with Crippen molar-refractivity contribution in [3.8, 4) is 0 Å². The molecule has 4 rings (SSSR count). The maximum absolute atomic E-state index is 12.7. The lowest BCUT2D eigenvalue weighted by molar-refractivity contribution is 0.0950. The predicted molar refractivity (Wildman–Crippen MR) is 119 cm³/mol. The van der Waals surface area contributed by atoms with Gasteiger partial charge in [-0.15, -0.1) is 0 Å². The van der Waals surface area contributed by atoms with Crippen molar-refractivity contribution in [2.24, 2.45) is 0 Å². The third kappa shape index (κ3) is 4.40. The SMILES string of the molecule is CCCc1nc2ccc(C(=O)NCc3ccccn3)cc2n1Cc1cccc(C)c1. The van der Waals surface area contributed by atoms with Crippen LogP contribution < -0.4 is 5.32 Å². The van der Waals surface area contributed by atoms with Crippen LogP contribution in [-0.2, 0) is 19.5 Å². The summed E-state index contributed by atoms with van der Waals surface area (Å²) >= 11 is 0. The number of nitrogens with one attached hydrogen (secondary N) is 1. The molecule has 2 heterocycles. The molecular formula is C25H26N4O. The zero-order valence-corrected chi connectivity index (χ0v) is 17.4. The normalized spacial score (nSPS) is 11.0. The summed E-state index contributed by atoms with van der Waals surface area (Å²) in [6.45, 7) is 5.41. The summed E-state index contributed by atoms with van der Waals surface area (Å²) in [6.07, 6.45) is 3.66. The molecule has 30 heavy (non-hydrogen) atoms. The Morgan fingerprint density at radius 2 is 1.97 bits per heavy atom. The van der Waals surface area contributed by atoms with Gasteiger partial charge in [-0.2, -0.15) is 0 Å². The van der Waals surface area contributed by atoms with Crippen LogP contribution in [0.5, 0.6) is 0 Å². The number of carbonyl (C=O) groups is 1. The predicted octanol–water partition coefficient (Wildman–Crippen LogP) is 4.67. The Morgan fingerprint density at radius 3 is 2.73 bits per heavy atom. The van der Waals surface area contributed by atoms with Crippen molar-refractivity contribution >= 4 is 16.9 Å². The minimum absolute atomic E-state index is 0.108. The van der Waals surface area contributed by atoms with Crippen molar-refractivity contribution in [3.05, 3.63) is 95.1 Å². The summed E-state index contributed by atoms with van der Waals surface area (Å²) in [5.41, 5.74) is 5.85. The van der Waals surface area contributed by atoms with Gasteiger partial charge in [0.2, 0.25) is 0 Å². The molecule has 0 saturated carbocycles. The van der Waals surface area contributed by atoms with E-state index >= 15 is 0 Å². The molecule has 0 unspecified atom stereocenters. The number of carbonyl (C=O) groups excluding carboxylic acids is 1. The Morgan fingerprint density at radius 1 is 1.07 bits per heavy atom. The average Bonchev–Trinajstić information content (AvgIpc) is 3.09. The topological polar surface area (TPSA) is 59.8 Å². The molecule has 1 N–H and O–H groups in total. The number of nitrogens with zero attached hydrogens (tertiary/aromatic N) is 3. The number of hydrogen-bond acceptors (Lipinski definition) is 3. The third-order valence-corrected chi connectivity index (χ3v) is 5.14. The monoisotopic (exact) mass is 398 g/mol. The molecule has 5 nitrogen and oxygen atoms in total. The van der Waals surface area contributed by atoms with Crippen LogP contribution in [0.25, 0.3) is 11.0 Å². The molecule has 2 aromatic heterocycles. The van der Waals surface area contributed by atoms with Crippen LogP contribution in [0.15, 0.2) is 66.9 Å². The van der Waals surface area contributed by atoms with Crippen molar-refractivity contribution in [3.63, 3.8) is 0 Å². The molecule has 0 aliphatic heterocycles. The van der Waals surface area contributed by atoms with Gasteiger partial charge in [-0.1, -0.05) is 42.8 Å². The summed E-state index contributed by atoms with van der Waals surface area (Å²) < 4.78 is 2.24. The van der Waals surface area contributed by atoms with E-state index in [4.69, 9.17) is 4.98 Å². The van der Waals surface area contributed by atoms with E-state index < -0.39 is 0 Å². The second-order valence-corrected chi connectivity index (χ2v) is 7.56. The second kappa shape index (κ2) is 8.91. The second-order valence-electron chi connectivity index (χ2n) is 7.56. The Kier molecular flexibility index (Phi) is 5.89. The number of imidazole rings is 1. The van der Waals surface area contributed by atoms with Crippen LogP contribution in [0.3, 0.4) is 0 Å². The maximum atomic E-state index is 12.7. The number of aryl methyl sites for hydroxylation is 2. The van der Waals surface area contributed by atoms with Crippen molar-refractivity contribution < 1.29 is 4.79 Å². The highest BCUT2D eigenvalue weighted by molar-refractivity contribution is 5.97. The first-order valence-corrected chi connectivity index (χ1v) is 10.4. The number of fused-ring (bicyclic) bond motifs is 1. The summed E-state index contributed by atoms with van der Waals surface area (Å²) in [4.78, 5) is 21.8. The molecule has 0 fully saturated rings. The Balaban J connectivity index is 1.64. The zero-order chi connectivity index (χ0) is 20.9. The van der Waals surface area contributed by atoms with Crippen LogP contribution in [-0.4, -0.2) is 20.4 Å². The lowest BCUT2D eigenvalue weighted by atomic mass is 10.1. The van der Waals surface area contributed by atoms with Crippen LogP contribution in [0.1, 0.15) is 46.3 Å². The molecule has 2 aromatic carbocycles. The lowest BCUT2D eigenvalue weighted by Crippen LogP contribution is -2.23. The molecule has 0 radical (unpaired) electrons. The number of aromatic nitrogens is 3. The van der Waals surface area contributed by atoms with Crippen molar-refractivity contribution in [2.45, 2.75) is 39.8 Å². The van der Waals surface area contributed by atoms with E-state index in [0.29, 0.717) is 12.1 Å². The first-order valence-electron chi connectivity index (χ1n) is 10.4. The van der Waals surface area contributed by atoms with Gasteiger partial charge in [0.05, 0.1) is 23.3 Å². The first kappa shape index (κ1) is 19.8. The van der Waals surface area contributed by atoms with Gasteiger partial charge in [0.1, 0.15) is 5.82 Å². The fourth-order valence-corrected chi connectivity index (χ4v) is 3.67. The Labute approximate surface area is 176 Å². The minimum atomic E-state index is -0.108.